The Balaban J connectivity index is 1.92. The third kappa shape index (κ3) is 2.88. The Morgan fingerprint density at radius 2 is 1.95 bits per heavy atom. The van der Waals surface area contributed by atoms with E-state index in [-0.39, 0.29) is 6.04 Å². The van der Waals surface area contributed by atoms with Crippen molar-refractivity contribution in [3.8, 4) is 0 Å². The molecule has 0 aliphatic heterocycles. The highest BCUT2D eigenvalue weighted by molar-refractivity contribution is 7.89. The summed E-state index contributed by atoms with van der Waals surface area (Å²) in [7, 11) is -3.40. The molecule has 2 saturated carbocycles. The van der Waals surface area contributed by atoms with Crippen LogP contribution < -0.4 is 0 Å². The third-order valence-electron chi connectivity index (χ3n) is 4.63. The predicted octanol–water partition coefficient (Wildman–Crippen LogP) is 3.52. The van der Waals surface area contributed by atoms with E-state index in [1.54, 1.807) is 16.6 Å². The van der Waals surface area contributed by atoms with E-state index in [1.807, 2.05) is 6.92 Å². The van der Waals surface area contributed by atoms with Crippen LogP contribution in [0.5, 0.6) is 0 Å². The van der Waals surface area contributed by atoms with Gasteiger partial charge in [0.15, 0.2) is 0 Å². The van der Waals surface area contributed by atoms with Crippen molar-refractivity contribution in [1.82, 2.24) is 8.87 Å². The average Bonchev–Trinajstić information content (AvgIpc) is 3.00. The van der Waals surface area contributed by atoms with Crippen molar-refractivity contribution < 1.29 is 8.42 Å². The SMILES string of the molecule is CCN(C1CCCC1)S(=O)(=O)c1cc(CCl)n(C2CC2)c1. The van der Waals surface area contributed by atoms with Crippen molar-refractivity contribution in [3.05, 3.63) is 18.0 Å². The smallest absolute Gasteiger partial charge is 0.244 e. The Bertz CT molecular complexity index is 601. The van der Waals surface area contributed by atoms with Crippen LogP contribution in [-0.2, 0) is 15.9 Å². The van der Waals surface area contributed by atoms with Crippen LogP contribution in [0.1, 0.15) is 57.2 Å². The van der Waals surface area contributed by atoms with Crippen molar-refractivity contribution >= 4 is 21.6 Å². The van der Waals surface area contributed by atoms with Gasteiger partial charge in [-0.3, -0.25) is 0 Å². The zero-order chi connectivity index (χ0) is 15.0. The van der Waals surface area contributed by atoms with Gasteiger partial charge in [0, 0.05) is 30.5 Å². The van der Waals surface area contributed by atoms with Crippen LogP contribution in [0.3, 0.4) is 0 Å². The Morgan fingerprint density at radius 1 is 1.29 bits per heavy atom. The number of halogens is 1. The highest BCUT2D eigenvalue weighted by Crippen LogP contribution is 2.38. The fourth-order valence-electron chi connectivity index (χ4n) is 3.39. The number of aromatic nitrogens is 1. The van der Waals surface area contributed by atoms with Gasteiger partial charge in [-0.05, 0) is 31.7 Å². The fourth-order valence-corrected chi connectivity index (χ4v) is 5.35. The van der Waals surface area contributed by atoms with E-state index in [0.717, 1.165) is 44.2 Å². The lowest BCUT2D eigenvalue weighted by molar-refractivity contribution is 0.335. The zero-order valence-electron chi connectivity index (χ0n) is 12.5. The van der Waals surface area contributed by atoms with Crippen molar-refractivity contribution in [3.63, 3.8) is 0 Å². The van der Waals surface area contributed by atoms with Gasteiger partial charge >= 0.3 is 0 Å². The van der Waals surface area contributed by atoms with Crippen LogP contribution in [-0.4, -0.2) is 29.9 Å². The molecule has 2 aliphatic carbocycles. The van der Waals surface area contributed by atoms with Gasteiger partial charge in [-0.1, -0.05) is 19.8 Å². The number of hydrogen-bond donors (Lipinski definition) is 0. The maximum Gasteiger partial charge on any atom is 0.244 e. The lowest BCUT2D eigenvalue weighted by Gasteiger charge is -2.26. The van der Waals surface area contributed by atoms with Crippen LogP contribution in [0.4, 0.5) is 0 Å². The lowest BCUT2D eigenvalue weighted by atomic mass is 10.2. The summed E-state index contributed by atoms with van der Waals surface area (Å²) in [4.78, 5) is 0.416. The molecule has 0 spiro atoms. The van der Waals surface area contributed by atoms with Gasteiger partial charge in [-0.2, -0.15) is 4.31 Å². The molecule has 0 aromatic carbocycles. The topological polar surface area (TPSA) is 42.3 Å². The van der Waals surface area contributed by atoms with E-state index in [2.05, 4.69) is 4.57 Å². The Morgan fingerprint density at radius 3 is 2.48 bits per heavy atom. The molecule has 6 heteroatoms. The maximum absolute atomic E-state index is 12.9. The molecular weight excluding hydrogens is 308 g/mol. The number of hydrogen-bond acceptors (Lipinski definition) is 2. The summed E-state index contributed by atoms with van der Waals surface area (Å²) in [5.74, 6) is 0.363. The minimum absolute atomic E-state index is 0.170. The number of alkyl halides is 1. The molecule has 0 atom stereocenters. The average molecular weight is 331 g/mol. The van der Waals surface area contributed by atoms with Crippen molar-refractivity contribution in [1.29, 1.82) is 0 Å². The van der Waals surface area contributed by atoms with Gasteiger partial charge in [0.2, 0.25) is 10.0 Å². The third-order valence-corrected chi connectivity index (χ3v) is 6.90. The normalized spacial score (nSPS) is 20.5. The van der Waals surface area contributed by atoms with E-state index in [0.29, 0.717) is 23.4 Å². The first-order valence-corrected chi connectivity index (χ1v) is 9.84. The molecule has 0 amide bonds. The standard InChI is InChI=1S/C15H23ClN2O2S/c1-2-18(13-5-3-4-6-13)21(19,20)15-9-14(10-16)17(11-15)12-7-8-12/h9,11-13H,2-8,10H2,1H3. The number of sulfonamides is 1. The molecule has 2 fully saturated rings. The minimum atomic E-state index is -3.40. The zero-order valence-corrected chi connectivity index (χ0v) is 14.0. The van der Waals surface area contributed by atoms with Crippen molar-refractivity contribution in [2.45, 2.75) is 68.3 Å². The second-order valence-electron chi connectivity index (χ2n) is 6.09. The molecule has 0 unspecified atom stereocenters. The summed E-state index contributed by atoms with van der Waals surface area (Å²) in [6.45, 7) is 2.47. The Kier molecular flexibility index (Phi) is 4.35. The molecule has 2 aliphatic rings. The highest BCUT2D eigenvalue weighted by Gasteiger charge is 2.34. The molecule has 3 rings (SSSR count). The largest absolute Gasteiger partial charge is 0.346 e. The van der Waals surface area contributed by atoms with Gasteiger partial charge in [0.25, 0.3) is 0 Å². The quantitative estimate of drug-likeness (QED) is 0.749. The molecule has 0 N–H and O–H groups in total. The summed E-state index contributed by atoms with van der Waals surface area (Å²) in [6, 6.07) is 2.38. The summed E-state index contributed by atoms with van der Waals surface area (Å²) < 4.78 is 29.6. The first-order chi connectivity index (χ1) is 10.1. The Hall–Kier alpha value is -0.520. The molecule has 4 nitrogen and oxygen atoms in total. The Labute approximate surface area is 132 Å². The monoisotopic (exact) mass is 330 g/mol. The highest BCUT2D eigenvalue weighted by atomic mass is 35.5. The van der Waals surface area contributed by atoms with Crippen LogP contribution in [0.25, 0.3) is 0 Å². The lowest BCUT2D eigenvalue weighted by Crippen LogP contribution is -2.38. The number of nitrogens with zero attached hydrogens (tertiary/aromatic N) is 2. The maximum atomic E-state index is 12.9. The second-order valence-corrected chi connectivity index (χ2v) is 8.24. The van der Waals surface area contributed by atoms with Crippen LogP contribution in [0, 0.1) is 0 Å². The molecule has 0 saturated heterocycles. The van der Waals surface area contributed by atoms with Crippen LogP contribution in [0.15, 0.2) is 17.2 Å². The molecule has 1 aromatic heterocycles. The van der Waals surface area contributed by atoms with Gasteiger partial charge in [0.1, 0.15) is 4.90 Å². The summed E-state index contributed by atoms with van der Waals surface area (Å²) >= 11 is 5.98. The van der Waals surface area contributed by atoms with E-state index < -0.39 is 10.0 Å². The van der Waals surface area contributed by atoms with Crippen molar-refractivity contribution in [2.75, 3.05) is 6.54 Å². The first-order valence-electron chi connectivity index (χ1n) is 7.86. The molecule has 1 heterocycles. The summed E-state index contributed by atoms with van der Waals surface area (Å²) in [5, 5.41) is 0. The molecule has 21 heavy (non-hydrogen) atoms. The van der Waals surface area contributed by atoms with E-state index in [9.17, 15) is 8.42 Å². The molecule has 0 radical (unpaired) electrons. The van der Waals surface area contributed by atoms with E-state index in [1.165, 1.54) is 0 Å². The molecule has 118 valence electrons. The predicted molar refractivity (Wildman–Crippen MR) is 84.1 cm³/mol. The first kappa shape index (κ1) is 15.4. The molecule has 0 bridgehead atoms. The van der Waals surface area contributed by atoms with E-state index in [4.69, 9.17) is 11.6 Å². The van der Waals surface area contributed by atoms with Crippen LogP contribution >= 0.6 is 11.6 Å². The number of rotatable bonds is 6. The molecule has 1 aromatic rings. The van der Waals surface area contributed by atoms with E-state index >= 15 is 0 Å². The second kappa shape index (κ2) is 5.94. The summed E-state index contributed by atoms with van der Waals surface area (Å²) in [5.41, 5.74) is 0.917. The van der Waals surface area contributed by atoms with Gasteiger partial charge in [0.05, 0.1) is 5.88 Å². The minimum Gasteiger partial charge on any atom is -0.346 e. The van der Waals surface area contributed by atoms with Gasteiger partial charge < -0.3 is 4.57 Å². The van der Waals surface area contributed by atoms with Crippen LogP contribution in [0.2, 0.25) is 0 Å². The fraction of sp³-hybridized carbons (Fsp3) is 0.733. The van der Waals surface area contributed by atoms with Gasteiger partial charge in [-0.15, -0.1) is 11.6 Å². The van der Waals surface area contributed by atoms with Gasteiger partial charge in [-0.25, -0.2) is 8.42 Å². The summed E-state index contributed by atoms with van der Waals surface area (Å²) in [6.07, 6.45) is 8.27. The van der Waals surface area contributed by atoms with Crippen molar-refractivity contribution in [2.24, 2.45) is 0 Å². The molecular formula is C15H23ClN2O2S.